The first kappa shape index (κ1) is 13.0. The number of methoxy groups -OCH3 is 1. The van der Waals surface area contributed by atoms with Crippen LogP contribution in [-0.2, 0) is 23.7 Å². The first-order valence-corrected chi connectivity index (χ1v) is 5.78. The van der Waals surface area contributed by atoms with E-state index in [-0.39, 0.29) is 5.88 Å². The Morgan fingerprint density at radius 1 is 1.47 bits per heavy atom. The molecule has 6 nitrogen and oxygen atoms in total. The second-order valence-corrected chi connectivity index (χ2v) is 4.81. The Balaban J connectivity index is 2.34. The molecule has 0 bridgehead atoms. The van der Waals surface area contributed by atoms with E-state index in [1.165, 1.54) is 7.11 Å². The van der Waals surface area contributed by atoms with Gasteiger partial charge in [0.25, 0.3) is 0 Å². The number of carbonyl (C=O) groups excluding carboxylic acids is 1. The third-order valence-corrected chi connectivity index (χ3v) is 3.13. The monoisotopic (exact) mass is 266 g/mol. The lowest BCUT2D eigenvalue weighted by Gasteiger charge is -2.25. The summed E-state index contributed by atoms with van der Waals surface area (Å²) in [5.41, 5.74) is 0. The Labute approximate surface area is 104 Å². The second-order valence-electron chi connectivity index (χ2n) is 4.50. The van der Waals surface area contributed by atoms with Crippen LogP contribution in [0.2, 0.25) is 0 Å². The minimum atomic E-state index is -1.72. The molecule has 1 N–H and O–H groups in total. The van der Waals surface area contributed by atoms with Gasteiger partial charge in [0.05, 0.1) is 13.0 Å². The molecule has 0 unspecified atom stereocenters. The quantitative estimate of drug-likeness (QED) is 0.560. The summed E-state index contributed by atoms with van der Waals surface area (Å²) in [7, 11) is 1.21. The van der Waals surface area contributed by atoms with E-state index in [9.17, 15) is 9.90 Å². The second kappa shape index (κ2) is 4.07. The largest absolute Gasteiger partial charge is 0.465 e. The van der Waals surface area contributed by atoms with Gasteiger partial charge in [-0.3, -0.25) is 0 Å². The molecule has 17 heavy (non-hydrogen) atoms. The maximum Gasteiger partial charge on any atom is 0.369 e. The summed E-state index contributed by atoms with van der Waals surface area (Å²) in [6, 6.07) is 0. The lowest BCUT2D eigenvalue weighted by molar-refractivity contribution is -0.262. The van der Waals surface area contributed by atoms with Crippen molar-refractivity contribution < 1.29 is 28.8 Å². The first-order valence-electron chi connectivity index (χ1n) is 5.24. The Hall–Kier alpha value is -0.400. The maximum absolute atomic E-state index is 11.8. The summed E-state index contributed by atoms with van der Waals surface area (Å²) >= 11 is 5.65. The van der Waals surface area contributed by atoms with Gasteiger partial charge in [-0.1, -0.05) is 0 Å². The topological polar surface area (TPSA) is 74.2 Å². The lowest BCUT2D eigenvalue weighted by Crippen LogP contribution is -2.48. The Bertz CT molecular complexity index is 333. The number of aliphatic hydroxyl groups excluding tert-OH is 1. The summed E-state index contributed by atoms with van der Waals surface area (Å²) in [6.07, 6.45) is -2.70. The van der Waals surface area contributed by atoms with Crippen molar-refractivity contribution in [2.75, 3.05) is 13.0 Å². The SMILES string of the molecule is COC(=O)[C@@]12O[C@@H](CCl)[C@@H](O)[C@@H]1OC(C)(C)O2. The zero-order valence-electron chi connectivity index (χ0n) is 9.81. The van der Waals surface area contributed by atoms with Gasteiger partial charge in [-0.05, 0) is 13.8 Å². The summed E-state index contributed by atoms with van der Waals surface area (Å²) in [5.74, 6) is -3.46. The van der Waals surface area contributed by atoms with E-state index in [2.05, 4.69) is 4.74 Å². The molecule has 0 saturated carbocycles. The molecule has 0 spiro atoms. The fraction of sp³-hybridized carbons (Fsp3) is 0.900. The molecule has 4 atom stereocenters. The summed E-state index contributed by atoms with van der Waals surface area (Å²) in [6.45, 7) is 3.25. The molecule has 0 aliphatic carbocycles. The molecule has 2 fully saturated rings. The van der Waals surface area contributed by atoms with Crippen LogP contribution in [0.4, 0.5) is 0 Å². The van der Waals surface area contributed by atoms with Crippen LogP contribution in [0.3, 0.4) is 0 Å². The van der Waals surface area contributed by atoms with Crippen LogP contribution in [0.1, 0.15) is 13.8 Å². The highest BCUT2D eigenvalue weighted by molar-refractivity contribution is 6.18. The number of rotatable bonds is 2. The Morgan fingerprint density at radius 2 is 2.12 bits per heavy atom. The fourth-order valence-corrected chi connectivity index (χ4v) is 2.42. The van der Waals surface area contributed by atoms with Gasteiger partial charge in [-0.15, -0.1) is 11.6 Å². The number of alkyl halides is 1. The molecule has 0 aromatic carbocycles. The van der Waals surface area contributed by atoms with Gasteiger partial charge in [0.15, 0.2) is 11.9 Å². The minimum absolute atomic E-state index is 0.0313. The van der Waals surface area contributed by atoms with Gasteiger partial charge in [0.1, 0.15) is 12.2 Å². The number of hydrogen-bond donors (Lipinski definition) is 1. The zero-order chi connectivity index (χ0) is 12.8. The number of fused-ring (bicyclic) bond motifs is 1. The van der Waals surface area contributed by atoms with Crippen molar-refractivity contribution >= 4 is 17.6 Å². The van der Waals surface area contributed by atoms with Gasteiger partial charge in [-0.25, -0.2) is 4.79 Å². The highest BCUT2D eigenvalue weighted by Crippen LogP contribution is 2.46. The van der Waals surface area contributed by atoms with E-state index < -0.39 is 35.9 Å². The Morgan fingerprint density at radius 3 is 2.65 bits per heavy atom. The van der Waals surface area contributed by atoms with E-state index in [4.69, 9.17) is 25.8 Å². The number of ether oxygens (including phenoxy) is 4. The van der Waals surface area contributed by atoms with E-state index in [0.717, 1.165) is 0 Å². The molecule has 0 radical (unpaired) electrons. The normalized spacial score (nSPS) is 43.5. The molecule has 2 aliphatic heterocycles. The smallest absolute Gasteiger partial charge is 0.369 e. The molecule has 2 heterocycles. The maximum atomic E-state index is 11.8. The molecule has 2 saturated heterocycles. The summed E-state index contributed by atoms with van der Waals surface area (Å²) in [5, 5.41) is 9.98. The van der Waals surface area contributed by atoms with Crippen molar-refractivity contribution in [3.63, 3.8) is 0 Å². The van der Waals surface area contributed by atoms with E-state index in [1.54, 1.807) is 13.8 Å². The molecule has 7 heteroatoms. The number of aliphatic hydroxyl groups is 1. The van der Waals surface area contributed by atoms with Crippen LogP contribution in [0.25, 0.3) is 0 Å². The lowest BCUT2D eigenvalue weighted by atomic mass is 10.1. The molecule has 0 aromatic rings. The predicted molar refractivity (Wildman–Crippen MR) is 56.4 cm³/mol. The van der Waals surface area contributed by atoms with Gasteiger partial charge in [-0.2, -0.15) is 0 Å². The third kappa shape index (κ3) is 1.84. The average Bonchev–Trinajstić information content (AvgIpc) is 2.68. The van der Waals surface area contributed by atoms with E-state index >= 15 is 0 Å². The first-order chi connectivity index (χ1) is 7.86. The molecule has 2 aliphatic rings. The van der Waals surface area contributed by atoms with Gasteiger partial charge in [0.2, 0.25) is 0 Å². The molecule has 0 amide bonds. The van der Waals surface area contributed by atoms with Crippen molar-refractivity contribution in [3.05, 3.63) is 0 Å². The summed E-state index contributed by atoms with van der Waals surface area (Å²) < 4.78 is 21.0. The van der Waals surface area contributed by atoms with Crippen molar-refractivity contribution in [1.82, 2.24) is 0 Å². The number of halogens is 1. The highest BCUT2D eigenvalue weighted by atomic mass is 35.5. The van der Waals surface area contributed by atoms with Crippen molar-refractivity contribution in [2.45, 2.75) is 43.7 Å². The van der Waals surface area contributed by atoms with E-state index in [1.807, 2.05) is 0 Å². The molecule has 2 rings (SSSR count). The van der Waals surface area contributed by atoms with Crippen LogP contribution >= 0.6 is 11.6 Å². The van der Waals surface area contributed by atoms with Crippen molar-refractivity contribution in [3.8, 4) is 0 Å². The van der Waals surface area contributed by atoms with Crippen LogP contribution in [-0.4, -0.2) is 54.0 Å². The highest BCUT2D eigenvalue weighted by Gasteiger charge is 2.69. The predicted octanol–water partition coefficient (Wildman–Crippen LogP) is 0.00570. The average molecular weight is 267 g/mol. The fourth-order valence-electron chi connectivity index (χ4n) is 2.18. The zero-order valence-corrected chi connectivity index (χ0v) is 10.6. The standard InChI is InChI=1S/C10H15ClO6/c1-9(2)16-7-6(12)5(4-11)15-10(7,17-9)8(13)14-3/h5-7,12H,4H2,1-3H3/t5-,6+,7-,10+/m0/s1. The molecular formula is C10H15ClO6. The minimum Gasteiger partial charge on any atom is -0.465 e. The van der Waals surface area contributed by atoms with Gasteiger partial charge >= 0.3 is 11.8 Å². The number of esters is 1. The van der Waals surface area contributed by atoms with Crippen LogP contribution in [0.15, 0.2) is 0 Å². The van der Waals surface area contributed by atoms with Gasteiger partial charge in [0, 0.05) is 0 Å². The van der Waals surface area contributed by atoms with Gasteiger partial charge < -0.3 is 24.1 Å². The van der Waals surface area contributed by atoms with Crippen molar-refractivity contribution in [2.24, 2.45) is 0 Å². The van der Waals surface area contributed by atoms with E-state index in [0.29, 0.717) is 0 Å². The number of hydrogen-bond acceptors (Lipinski definition) is 6. The van der Waals surface area contributed by atoms with Crippen molar-refractivity contribution in [1.29, 1.82) is 0 Å². The number of carbonyl (C=O) groups is 1. The Kier molecular flexibility index (Phi) is 3.12. The van der Waals surface area contributed by atoms with Crippen LogP contribution in [0.5, 0.6) is 0 Å². The molecular weight excluding hydrogens is 252 g/mol. The third-order valence-electron chi connectivity index (χ3n) is 2.82. The van der Waals surface area contributed by atoms with Crippen LogP contribution in [0, 0.1) is 0 Å². The molecule has 0 aromatic heterocycles. The van der Waals surface area contributed by atoms with Crippen LogP contribution < -0.4 is 0 Å². The molecule has 98 valence electrons. The summed E-state index contributed by atoms with van der Waals surface area (Å²) in [4.78, 5) is 11.8.